The van der Waals surface area contributed by atoms with Crippen LogP contribution >= 0.6 is 11.6 Å². The number of benzene rings is 2. The zero-order valence-corrected chi connectivity index (χ0v) is 14.9. The molecule has 26 heavy (non-hydrogen) atoms. The molecule has 0 spiro atoms. The Morgan fingerprint density at radius 2 is 1.92 bits per heavy atom. The van der Waals surface area contributed by atoms with Crippen LogP contribution in [-0.2, 0) is 4.74 Å². The van der Waals surface area contributed by atoms with Crippen LogP contribution in [0, 0.1) is 6.92 Å². The van der Waals surface area contributed by atoms with Gasteiger partial charge in [-0.3, -0.25) is 5.32 Å². The standard InChI is InChI=1S/C19H17ClN2O4/c1-11-17(18(26-22-11)13-7-9-14(23)10-8-13)21-19(24)25-12(2)15-5-3-4-6-16(15)20/h3-10,12,23H,1-2H3,(H,21,24)/t12-/m1/s1. The lowest BCUT2D eigenvalue weighted by molar-refractivity contribution is 0.121. The molecule has 0 fully saturated rings. The van der Waals surface area contributed by atoms with Gasteiger partial charge in [0.25, 0.3) is 0 Å². The summed E-state index contributed by atoms with van der Waals surface area (Å²) in [6.07, 6.45) is -1.18. The minimum absolute atomic E-state index is 0.132. The predicted octanol–water partition coefficient (Wildman–Crippen LogP) is 5.32. The van der Waals surface area contributed by atoms with E-state index in [1.165, 1.54) is 12.1 Å². The van der Waals surface area contributed by atoms with Gasteiger partial charge < -0.3 is 14.4 Å². The molecule has 1 amide bonds. The van der Waals surface area contributed by atoms with E-state index in [-0.39, 0.29) is 5.75 Å². The molecule has 0 unspecified atom stereocenters. The Balaban J connectivity index is 1.77. The van der Waals surface area contributed by atoms with Crippen LogP contribution in [0.25, 0.3) is 11.3 Å². The molecule has 134 valence electrons. The summed E-state index contributed by atoms with van der Waals surface area (Å²) >= 11 is 6.13. The molecule has 7 heteroatoms. The first-order valence-electron chi connectivity index (χ1n) is 7.93. The van der Waals surface area contributed by atoms with Gasteiger partial charge in [-0.25, -0.2) is 4.79 Å². The maximum atomic E-state index is 12.3. The highest BCUT2D eigenvalue weighted by atomic mass is 35.5. The number of phenols is 1. The van der Waals surface area contributed by atoms with Crippen molar-refractivity contribution in [1.29, 1.82) is 0 Å². The zero-order chi connectivity index (χ0) is 18.7. The fraction of sp³-hybridized carbons (Fsp3) is 0.158. The van der Waals surface area contributed by atoms with E-state index < -0.39 is 12.2 Å². The number of ether oxygens (including phenoxy) is 1. The second-order valence-electron chi connectivity index (χ2n) is 5.71. The number of hydrogen-bond acceptors (Lipinski definition) is 5. The molecule has 2 aromatic carbocycles. The summed E-state index contributed by atoms with van der Waals surface area (Å²) < 4.78 is 10.7. The van der Waals surface area contributed by atoms with Crippen molar-refractivity contribution in [3.8, 4) is 17.1 Å². The van der Waals surface area contributed by atoms with Crippen LogP contribution in [0.5, 0.6) is 5.75 Å². The van der Waals surface area contributed by atoms with Gasteiger partial charge in [0.2, 0.25) is 0 Å². The number of rotatable bonds is 4. The average Bonchev–Trinajstić information content (AvgIpc) is 2.96. The Labute approximate surface area is 155 Å². The van der Waals surface area contributed by atoms with E-state index in [1.807, 2.05) is 12.1 Å². The molecule has 6 nitrogen and oxygen atoms in total. The fourth-order valence-corrected chi connectivity index (χ4v) is 2.78. The lowest BCUT2D eigenvalue weighted by Gasteiger charge is -2.15. The summed E-state index contributed by atoms with van der Waals surface area (Å²) in [6, 6.07) is 13.5. The predicted molar refractivity (Wildman–Crippen MR) is 98.3 cm³/mol. The summed E-state index contributed by atoms with van der Waals surface area (Å²) in [5, 5.41) is 16.5. The maximum absolute atomic E-state index is 12.3. The van der Waals surface area contributed by atoms with Gasteiger partial charge in [0, 0.05) is 16.1 Å². The molecule has 3 rings (SSSR count). The van der Waals surface area contributed by atoms with Crippen molar-refractivity contribution < 1.29 is 19.2 Å². The number of aromatic hydroxyl groups is 1. The first-order chi connectivity index (χ1) is 12.5. The number of nitrogens with one attached hydrogen (secondary N) is 1. The minimum atomic E-state index is -0.649. The lowest BCUT2D eigenvalue weighted by atomic mass is 10.1. The van der Waals surface area contributed by atoms with Crippen molar-refractivity contribution in [2.24, 2.45) is 0 Å². The summed E-state index contributed by atoms with van der Waals surface area (Å²) in [5.74, 6) is 0.511. The number of amides is 1. The van der Waals surface area contributed by atoms with Gasteiger partial charge in [-0.2, -0.15) is 0 Å². The largest absolute Gasteiger partial charge is 0.508 e. The molecule has 1 atom stereocenters. The van der Waals surface area contributed by atoms with Crippen molar-refractivity contribution in [2.75, 3.05) is 5.32 Å². The summed E-state index contributed by atoms with van der Waals surface area (Å²) in [7, 11) is 0. The molecular formula is C19H17ClN2O4. The highest BCUT2D eigenvalue weighted by molar-refractivity contribution is 6.31. The van der Waals surface area contributed by atoms with Crippen LogP contribution in [0.3, 0.4) is 0 Å². The van der Waals surface area contributed by atoms with Crippen molar-refractivity contribution in [3.63, 3.8) is 0 Å². The minimum Gasteiger partial charge on any atom is -0.508 e. The highest BCUT2D eigenvalue weighted by Gasteiger charge is 2.20. The number of aryl methyl sites for hydroxylation is 1. The van der Waals surface area contributed by atoms with Crippen molar-refractivity contribution >= 4 is 23.4 Å². The van der Waals surface area contributed by atoms with Crippen LogP contribution in [0.2, 0.25) is 5.02 Å². The SMILES string of the molecule is Cc1noc(-c2ccc(O)cc2)c1NC(=O)O[C@H](C)c1ccccc1Cl. The van der Waals surface area contributed by atoms with Gasteiger partial charge in [-0.15, -0.1) is 0 Å². The summed E-state index contributed by atoms with van der Waals surface area (Å²) in [6.45, 7) is 3.45. The third-order valence-corrected chi connectivity index (χ3v) is 4.19. The quantitative estimate of drug-likeness (QED) is 0.647. The van der Waals surface area contributed by atoms with Gasteiger partial charge in [0.15, 0.2) is 5.76 Å². The first-order valence-corrected chi connectivity index (χ1v) is 8.31. The van der Waals surface area contributed by atoms with E-state index >= 15 is 0 Å². The van der Waals surface area contributed by atoms with Crippen molar-refractivity contribution in [1.82, 2.24) is 5.16 Å². The van der Waals surface area contributed by atoms with Crippen LogP contribution in [0.1, 0.15) is 24.3 Å². The van der Waals surface area contributed by atoms with E-state index in [1.54, 1.807) is 38.1 Å². The zero-order valence-electron chi connectivity index (χ0n) is 14.2. The molecule has 1 aromatic heterocycles. The lowest BCUT2D eigenvalue weighted by Crippen LogP contribution is -2.17. The number of nitrogens with zero attached hydrogens (tertiary/aromatic N) is 1. The number of hydrogen-bond donors (Lipinski definition) is 2. The van der Waals surface area contributed by atoms with E-state index in [2.05, 4.69) is 10.5 Å². The second-order valence-corrected chi connectivity index (χ2v) is 6.12. The van der Waals surface area contributed by atoms with E-state index in [0.29, 0.717) is 33.3 Å². The monoisotopic (exact) mass is 372 g/mol. The topological polar surface area (TPSA) is 84.6 Å². The Bertz CT molecular complexity index is 922. The third-order valence-electron chi connectivity index (χ3n) is 3.85. The van der Waals surface area contributed by atoms with Gasteiger partial charge in [-0.1, -0.05) is 35.0 Å². The maximum Gasteiger partial charge on any atom is 0.412 e. The first kappa shape index (κ1) is 17.8. The normalized spacial score (nSPS) is 11.8. The van der Waals surface area contributed by atoms with Crippen molar-refractivity contribution in [3.05, 3.63) is 64.8 Å². The molecule has 1 heterocycles. The van der Waals surface area contributed by atoms with E-state index in [4.69, 9.17) is 20.9 Å². The average molecular weight is 373 g/mol. The molecule has 0 aliphatic heterocycles. The second kappa shape index (κ2) is 7.49. The molecule has 0 bridgehead atoms. The van der Waals surface area contributed by atoms with Crippen LogP contribution in [0.15, 0.2) is 53.1 Å². The number of phenolic OH excluding ortho intramolecular Hbond substituents is 1. The Hall–Kier alpha value is -2.99. The number of anilines is 1. The van der Waals surface area contributed by atoms with Crippen LogP contribution in [-0.4, -0.2) is 16.4 Å². The molecule has 0 radical (unpaired) electrons. The third kappa shape index (κ3) is 3.81. The Morgan fingerprint density at radius 1 is 1.23 bits per heavy atom. The molecule has 3 aromatic rings. The Kier molecular flexibility index (Phi) is 5.14. The van der Waals surface area contributed by atoms with Crippen molar-refractivity contribution in [2.45, 2.75) is 20.0 Å². The molecule has 0 saturated heterocycles. The molecule has 0 aliphatic carbocycles. The number of carbonyl (C=O) groups excluding carboxylic acids is 1. The number of halogens is 1. The number of aromatic nitrogens is 1. The molecular weight excluding hydrogens is 356 g/mol. The van der Waals surface area contributed by atoms with Gasteiger partial charge in [0.05, 0.1) is 0 Å². The highest BCUT2D eigenvalue weighted by Crippen LogP contribution is 2.32. The summed E-state index contributed by atoms with van der Waals surface area (Å²) in [4.78, 5) is 12.3. The molecule has 0 aliphatic rings. The smallest absolute Gasteiger partial charge is 0.412 e. The molecule has 0 saturated carbocycles. The van der Waals surface area contributed by atoms with Gasteiger partial charge >= 0.3 is 6.09 Å². The molecule has 2 N–H and O–H groups in total. The Morgan fingerprint density at radius 3 is 2.62 bits per heavy atom. The number of carbonyl (C=O) groups is 1. The van der Waals surface area contributed by atoms with Crippen LogP contribution < -0.4 is 5.32 Å². The summed E-state index contributed by atoms with van der Waals surface area (Å²) in [5.41, 5.74) is 2.30. The van der Waals surface area contributed by atoms with Gasteiger partial charge in [-0.05, 0) is 44.2 Å². The van der Waals surface area contributed by atoms with Crippen LogP contribution in [0.4, 0.5) is 10.5 Å². The van der Waals surface area contributed by atoms with Gasteiger partial charge in [0.1, 0.15) is 23.2 Å². The fourth-order valence-electron chi connectivity index (χ4n) is 2.49. The van der Waals surface area contributed by atoms with E-state index in [0.717, 1.165) is 0 Å². The van der Waals surface area contributed by atoms with E-state index in [9.17, 15) is 9.90 Å².